The third kappa shape index (κ3) is 4.01. The van der Waals surface area contributed by atoms with Crippen molar-refractivity contribution in [3.8, 4) is 11.5 Å². The summed E-state index contributed by atoms with van der Waals surface area (Å²) < 4.78 is 12.6. The molecule has 3 aromatic rings. The van der Waals surface area contributed by atoms with Gasteiger partial charge in [-0.3, -0.25) is 9.59 Å². The SMILES string of the molecule is CCOC(=O)C1CCCN(C(=O)Cn2ccc3ccc(-c4nnc(C)o4)cc32)C1. The van der Waals surface area contributed by atoms with E-state index in [2.05, 4.69) is 10.2 Å². The molecule has 1 atom stereocenters. The van der Waals surface area contributed by atoms with Crippen molar-refractivity contribution in [2.45, 2.75) is 33.2 Å². The highest BCUT2D eigenvalue weighted by atomic mass is 16.5. The van der Waals surface area contributed by atoms with E-state index in [0.29, 0.717) is 31.5 Å². The van der Waals surface area contributed by atoms with Gasteiger partial charge in [0, 0.05) is 37.3 Å². The van der Waals surface area contributed by atoms with Crippen LogP contribution in [0.5, 0.6) is 0 Å². The molecule has 0 saturated carbocycles. The zero-order valence-corrected chi connectivity index (χ0v) is 16.6. The molecule has 8 nitrogen and oxygen atoms in total. The molecule has 152 valence electrons. The molecule has 1 aliphatic rings. The third-order valence-corrected chi connectivity index (χ3v) is 5.25. The van der Waals surface area contributed by atoms with E-state index in [0.717, 1.165) is 29.3 Å². The van der Waals surface area contributed by atoms with Gasteiger partial charge in [-0.2, -0.15) is 0 Å². The summed E-state index contributed by atoms with van der Waals surface area (Å²) in [6, 6.07) is 7.83. The molecule has 0 bridgehead atoms. The van der Waals surface area contributed by atoms with E-state index in [1.165, 1.54) is 0 Å². The number of nitrogens with zero attached hydrogens (tertiary/aromatic N) is 4. The van der Waals surface area contributed by atoms with E-state index in [9.17, 15) is 9.59 Å². The fourth-order valence-corrected chi connectivity index (χ4v) is 3.77. The van der Waals surface area contributed by atoms with Gasteiger partial charge in [-0.1, -0.05) is 6.07 Å². The average Bonchev–Trinajstić information content (AvgIpc) is 3.34. The summed E-state index contributed by atoms with van der Waals surface area (Å²) in [5, 5.41) is 8.97. The van der Waals surface area contributed by atoms with Crippen LogP contribution in [0.4, 0.5) is 0 Å². The van der Waals surface area contributed by atoms with Gasteiger partial charge >= 0.3 is 5.97 Å². The van der Waals surface area contributed by atoms with Crippen LogP contribution in [-0.2, 0) is 20.9 Å². The number of aryl methyl sites for hydroxylation is 1. The lowest BCUT2D eigenvalue weighted by molar-refractivity contribution is -0.151. The van der Waals surface area contributed by atoms with Crippen molar-refractivity contribution in [1.82, 2.24) is 19.7 Å². The van der Waals surface area contributed by atoms with Gasteiger partial charge in [0.15, 0.2) is 0 Å². The number of likely N-dealkylation sites (tertiary alicyclic amines) is 1. The summed E-state index contributed by atoms with van der Waals surface area (Å²) in [5.74, 6) is 0.511. The van der Waals surface area contributed by atoms with Crippen molar-refractivity contribution in [2.75, 3.05) is 19.7 Å². The first-order chi connectivity index (χ1) is 14.0. The minimum Gasteiger partial charge on any atom is -0.466 e. The van der Waals surface area contributed by atoms with Gasteiger partial charge in [0.05, 0.1) is 12.5 Å². The fraction of sp³-hybridized carbons (Fsp3) is 0.429. The number of carbonyl (C=O) groups is 2. The first-order valence-corrected chi connectivity index (χ1v) is 9.89. The second-order valence-electron chi connectivity index (χ2n) is 7.27. The summed E-state index contributed by atoms with van der Waals surface area (Å²) in [5.41, 5.74) is 1.73. The van der Waals surface area contributed by atoms with Gasteiger partial charge in [0.25, 0.3) is 0 Å². The number of amides is 1. The van der Waals surface area contributed by atoms with E-state index >= 15 is 0 Å². The first kappa shape index (κ1) is 19.2. The van der Waals surface area contributed by atoms with Crippen molar-refractivity contribution in [3.05, 3.63) is 36.4 Å². The molecule has 1 aromatic carbocycles. The quantitative estimate of drug-likeness (QED) is 0.616. The lowest BCUT2D eigenvalue weighted by atomic mass is 9.98. The van der Waals surface area contributed by atoms with Crippen LogP contribution in [0.2, 0.25) is 0 Å². The van der Waals surface area contributed by atoms with Gasteiger partial charge in [-0.15, -0.1) is 10.2 Å². The highest BCUT2D eigenvalue weighted by Crippen LogP contribution is 2.25. The van der Waals surface area contributed by atoms with Crippen LogP contribution in [0.25, 0.3) is 22.4 Å². The van der Waals surface area contributed by atoms with Crippen molar-refractivity contribution >= 4 is 22.8 Å². The Morgan fingerprint density at radius 2 is 2.14 bits per heavy atom. The highest BCUT2D eigenvalue weighted by molar-refractivity contribution is 5.86. The first-order valence-electron chi connectivity index (χ1n) is 9.89. The molecule has 0 N–H and O–H groups in total. The summed E-state index contributed by atoms with van der Waals surface area (Å²) in [7, 11) is 0. The number of ether oxygens (including phenoxy) is 1. The van der Waals surface area contributed by atoms with Gasteiger partial charge in [0.2, 0.25) is 17.7 Å². The Labute approximate surface area is 168 Å². The average molecular weight is 396 g/mol. The van der Waals surface area contributed by atoms with Crippen LogP contribution in [0, 0.1) is 12.8 Å². The molecule has 0 spiro atoms. The Balaban J connectivity index is 1.51. The number of esters is 1. The smallest absolute Gasteiger partial charge is 0.310 e. The molecule has 1 saturated heterocycles. The van der Waals surface area contributed by atoms with Crippen molar-refractivity contribution in [3.63, 3.8) is 0 Å². The number of rotatable bonds is 5. The Morgan fingerprint density at radius 1 is 1.28 bits per heavy atom. The molecule has 1 aliphatic heterocycles. The number of fused-ring (bicyclic) bond motifs is 1. The van der Waals surface area contributed by atoms with Gasteiger partial charge in [0.1, 0.15) is 6.54 Å². The summed E-state index contributed by atoms with van der Waals surface area (Å²) in [4.78, 5) is 26.7. The van der Waals surface area contributed by atoms with E-state index in [-0.39, 0.29) is 24.3 Å². The zero-order valence-electron chi connectivity index (χ0n) is 16.6. The summed E-state index contributed by atoms with van der Waals surface area (Å²) in [6.07, 6.45) is 3.47. The van der Waals surface area contributed by atoms with Crippen molar-refractivity contribution in [1.29, 1.82) is 0 Å². The van der Waals surface area contributed by atoms with Crippen LogP contribution in [0.3, 0.4) is 0 Å². The number of piperidine rings is 1. The van der Waals surface area contributed by atoms with E-state index in [1.807, 2.05) is 35.0 Å². The molecule has 0 radical (unpaired) electrons. The van der Waals surface area contributed by atoms with E-state index < -0.39 is 0 Å². The maximum absolute atomic E-state index is 12.9. The number of hydrogen-bond acceptors (Lipinski definition) is 6. The molecule has 1 fully saturated rings. The predicted octanol–water partition coefficient (Wildman–Crippen LogP) is 2.80. The normalized spacial score (nSPS) is 16.9. The zero-order chi connectivity index (χ0) is 20.4. The molecule has 0 aliphatic carbocycles. The minimum absolute atomic E-state index is 0.00413. The van der Waals surface area contributed by atoms with Crippen LogP contribution >= 0.6 is 0 Å². The molecule has 1 amide bonds. The second-order valence-corrected chi connectivity index (χ2v) is 7.27. The number of carbonyl (C=O) groups excluding carboxylic acids is 2. The molecular formula is C21H24N4O4. The largest absolute Gasteiger partial charge is 0.466 e. The van der Waals surface area contributed by atoms with Crippen LogP contribution < -0.4 is 0 Å². The molecule has 4 rings (SSSR count). The second kappa shape index (κ2) is 8.06. The van der Waals surface area contributed by atoms with Gasteiger partial charge in [-0.25, -0.2) is 0 Å². The fourth-order valence-electron chi connectivity index (χ4n) is 3.77. The maximum Gasteiger partial charge on any atom is 0.310 e. The number of aromatic nitrogens is 3. The maximum atomic E-state index is 12.9. The summed E-state index contributed by atoms with van der Waals surface area (Å²) in [6.45, 7) is 5.21. The van der Waals surface area contributed by atoms with Crippen LogP contribution in [-0.4, -0.2) is 51.2 Å². The number of benzene rings is 1. The number of hydrogen-bond donors (Lipinski definition) is 0. The van der Waals surface area contributed by atoms with E-state index in [4.69, 9.17) is 9.15 Å². The molecule has 29 heavy (non-hydrogen) atoms. The Morgan fingerprint density at radius 3 is 2.90 bits per heavy atom. The molecule has 1 unspecified atom stereocenters. The molecule has 2 aromatic heterocycles. The third-order valence-electron chi connectivity index (χ3n) is 5.25. The molecule has 8 heteroatoms. The molecular weight excluding hydrogens is 372 g/mol. The van der Waals surface area contributed by atoms with Gasteiger partial charge < -0.3 is 18.6 Å². The molecule has 3 heterocycles. The topological polar surface area (TPSA) is 90.5 Å². The van der Waals surface area contributed by atoms with Crippen LogP contribution in [0.15, 0.2) is 34.9 Å². The predicted molar refractivity (Wildman–Crippen MR) is 106 cm³/mol. The lowest BCUT2D eigenvalue weighted by Gasteiger charge is -2.31. The van der Waals surface area contributed by atoms with Crippen LogP contribution in [0.1, 0.15) is 25.7 Å². The Bertz CT molecular complexity index is 1040. The van der Waals surface area contributed by atoms with Crippen molar-refractivity contribution < 1.29 is 18.7 Å². The van der Waals surface area contributed by atoms with Crippen molar-refractivity contribution in [2.24, 2.45) is 5.92 Å². The monoisotopic (exact) mass is 396 g/mol. The summed E-state index contributed by atoms with van der Waals surface area (Å²) >= 11 is 0. The van der Waals surface area contributed by atoms with Gasteiger partial charge in [-0.05, 0) is 43.4 Å². The standard InChI is InChI=1S/C21H24N4O4/c1-3-28-21(27)17-5-4-9-25(12-17)19(26)13-24-10-8-15-6-7-16(11-18(15)24)20-23-22-14(2)29-20/h6-8,10-11,17H,3-5,9,12-13H2,1-2H3. The minimum atomic E-state index is -0.235. The Hall–Kier alpha value is -3.16. The highest BCUT2D eigenvalue weighted by Gasteiger charge is 2.29. The lowest BCUT2D eigenvalue weighted by Crippen LogP contribution is -2.44. The Kier molecular flexibility index (Phi) is 5.33. The van der Waals surface area contributed by atoms with E-state index in [1.54, 1.807) is 18.7 Å².